The van der Waals surface area contributed by atoms with Crippen LogP contribution >= 0.6 is 11.3 Å². The van der Waals surface area contributed by atoms with Gasteiger partial charge in [0.2, 0.25) is 5.91 Å². The molecule has 0 saturated carbocycles. The number of fused-ring (bicyclic) bond motifs is 1. The average Bonchev–Trinajstić information content (AvgIpc) is 3.09. The number of anilines is 1. The molecule has 118 valence electrons. The van der Waals surface area contributed by atoms with Gasteiger partial charge in [0.05, 0.1) is 15.9 Å². The first-order valence-corrected chi connectivity index (χ1v) is 7.94. The van der Waals surface area contributed by atoms with Crippen LogP contribution < -0.4 is 11.0 Å². The Bertz CT molecular complexity index is 935. The van der Waals surface area contributed by atoms with Crippen LogP contribution in [0.1, 0.15) is 27.4 Å². The Balaban J connectivity index is 1.59. The molecular formula is C16H15N3O3S. The summed E-state index contributed by atoms with van der Waals surface area (Å²) < 4.78 is 0. The summed E-state index contributed by atoms with van der Waals surface area (Å²) in [6.07, 6.45) is 0.298. The van der Waals surface area contributed by atoms with E-state index in [-0.39, 0.29) is 30.2 Å². The normalized spacial score (nSPS) is 10.8. The first-order valence-electron chi connectivity index (χ1n) is 7.13. The van der Waals surface area contributed by atoms with E-state index >= 15 is 0 Å². The van der Waals surface area contributed by atoms with Gasteiger partial charge in [-0.1, -0.05) is 0 Å². The lowest BCUT2D eigenvalue weighted by molar-refractivity contribution is -0.116. The van der Waals surface area contributed by atoms with E-state index in [2.05, 4.69) is 15.3 Å². The van der Waals surface area contributed by atoms with Crippen molar-refractivity contribution in [3.63, 3.8) is 0 Å². The van der Waals surface area contributed by atoms with Gasteiger partial charge >= 0.3 is 5.69 Å². The molecule has 0 saturated heterocycles. The number of ketones is 1. The average molecular weight is 329 g/mol. The van der Waals surface area contributed by atoms with Gasteiger partial charge in [0.1, 0.15) is 0 Å². The number of rotatable bonds is 5. The van der Waals surface area contributed by atoms with Gasteiger partial charge in [0, 0.05) is 23.4 Å². The molecule has 0 spiro atoms. The molecule has 3 rings (SSSR count). The number of aryl methyl sites for hydroxylation is 1. The quantitative estimate of drug-likeness (QED) is 0.628. The number of amides is 1. The van der Waals surface area contributed by atoms with Gasteiger partial charge in [-0.25, -0.2) is 4.79 Å². The van der Waals surface area contributed by atoms with E-state index in [1.807, 2.05) is 13.0 Å². The third-order valence-corrected chi connectivity index (χ3v) is 4.44. The van der Waals surface area contributed by atoms with Crippen molar-refractivity contribution in [3.05, 3.63) is 50.6 Å². The molecule has 0 fully saturated rings. The van der Waals surface area contributed by atoms with Gasteiger partial charge < -0.3 is 15.3 Å². The summed E-state index contributed by atoms with van der Waals surface area (Å²) in [6, 6.07) is 8.77. The second-order valence-electron chi connectivity index (χ2n) is 5.22. The fraction of sp³-hybridized carbons (Fsp3) is 0.188. The van der Waals surface area contributed by atoms with E-state index in [9.17, 15) is 14.4 Å². The highest BCUT2D eigenvalue weighted by Gasteiger charge is 2.11. The second kappa shape index (κ2) is 6.21. The first-order chi connectivity index (χ1) is 11.0. The lowest BCUT2D eigenvalue weighted by Crippen LogP contribution is -2.13. The molecule has 0 unspecified atom stereocenters. The molecule has 0 aliphatic carbocycles. The summed E-state index contributed by atoms with van der Waals surface area (Å²) in [5, 5.41) is 2.73. The van der Waals surface area contributed by atoms with E-state index in [4.69, 9.17) is 0 Å². The van der Waals surface area contributed by atoms with Crippen LogP contribution in [0.15, 0.2) is 35.1 Å². The number of Topliss-reactive ketones (excluding diaryl/α,β-unsaturated/α-hetero) is 1. The minimum atomic E-state index is -0.291. The largest absolute Gasteiger partial charge is 0.326 e. The van der Waals surface area contributed by atoms with Crippen LogP contribution in [-0.4, -0.2) is 21.7 Å². The van der Waals surface area contributed by atoms with E-state index < -0.39 is 0 Å². The fourth-order valence-electron chi connectivity index (χ4n) is 2.27. The maximum atomic E-state index is 12.0. The number of carbonyl (C=O) groups is 2. The number of thiophene rings is 1. The molecule has 0 radical (unpaired) electrons. The summed E-state index contributed by atoms with van der Waals surface area (Å²) in [5.74, 6) is -0.257. The third-order valence-electron chi connectivity index (χ3n) is 3.39. The number of nitrogens with one attached hydrogen (secondary N) is 3. The summed E-state index contributed by atoms with van der Waals surface area (Å²) in [5.41, 5.74) is 1.59. The molecule has 0 bridgehead atoms. The minimum Gasteiger partial charge on any atom is -0.326 e. The SMILES string of the molecule is Cc1ccc(C(=O)CCC(=O)Nc2ccc3[nH]c(=O)[nH]c3c2)s1. The number of hydrogen-bond acceptors (Lipinski definition) is 4. The highest BCUT2D eigenvalue weighted by Crippen LogP contribution is 2.18. The van der Waals surface area contributed by atoms with Crippen LogP contribution in [0.25, 0.3) is 11.0 Å². The van der Waals surface area contributed by atoms with Crippen molar-refractivity contribution in [2.45, 2.75) is 19.8 Å². The summed E-state index contributed by atoms with van der Waals surface area (Å²) >= 11 is 1.44. The molecule has 3 N–H and O–H groups in total. The zero-order valence-electron chi connectivity index (χ0n) is 12.4. The first kappa shape index (κ1) is 15.2. The highest BCUT2D eigenvalue weighted by atomic mass is 32.1. The monoisotopic (exact) mass is 329 g/mol. The zero-order chi connectivity index (χ0) is 16.4. The molecule has 0 aliphatic heterocycles. The van der Waals surface area contributed by atoms with Gasteiger partial charge in [0.15, 0.2) is 5.78 Å². The van der Waals surface area contributed by atoms with Gasteiger partial charge in [-0.05, 0) is 37.3 Å². The smallest absolute Gasteiger partial charge is 0.323 e. The molecule has 7 heteroatoms. The molecule has 2 heterocycles. The van der Waals surface area contributed by atoms with Gasteiger partial charge in [-0.3, -0.25) is 9.59 Å². The van der Waals surface area contributed by atoms with Crippen molar-refractivity contribution >= 4 is 39.7 Å². The van der Waals surface area contributed by atoms with Gasteiger partial charge in [-0.2, -0.15) is 0 Å². The fourth-order valence-corrected chi connectivity index (χ4v) is 3.10. The number of benzene rings is 1. The summed E-state index contributed by atoms with van der Waals surface area (Å²) in [4.78, 5) is 42.2. The van der Waals surface area contributed by atoms with Crippen LogP contribution in [0.4, 0.5) is 5.69 Å². The highest BCUT2D eigenvalue weighted by molar-refractivity contribution is 7.14. The lowest BCUT2D eigenvalue weighted by Gasteiger charge is -2.04. The Hall–Kier alpha value is -2.67. The number of carbonyl (C=O) groups excluding carboxylic acids is 2. The minimum absolute atomic E-state index is 0.0244. The predicted molar refractivity (Wildman–Crippen MR) is 90.2 cm³/mol. The molecule has 1 aromatic carbocycles. The zero-order valence-corrected chi connectivity index (χ0v) is 13.3. The Morgan fingerprint density at radius 3 is 2.61 bits per heavy atom. The van der Waals surface area contributed by atoms with E-state index in [0.29, 0.717) is 21.6 Å². The van der Waals surface area contributed by atoms with E-state index in [0.717, 1.165) is 4.88 Å². The van der Waals surface area contributed by atoms with Crippen molar-refractivity contribution < 1.29 is 9.59 Å². The Kier molecular flexibility index (Phi) is 4.12. The number of aromatic amines is 2. The molecule has 6 nitrogen and oxygen atoms in total. The standard InChI is InChI=1S/C16H15N3O3S/c1-9-2-6-14(23-9)13(20)5-7-15(21)17-10-3-4-11-12(8-10)19-16(22)18-11/h2-4,6,8H,5,7H2,1H3,(H,17,21)(H2,18,19,22). The predicted octanol–water partition coefficient (Wildman–Crippen LogP) is 2.83. The number of H-pyrrole nitrogens is 2. The topological polar surface area (TPSA) is 94.8 Å². The maximum absolute atomic E-state index is 12.0. The Morgan fingerprint density at radius 1 is 1.09 bits per heavy atom. The van der Waals surface area contributed by atoms with Crippen LogP contribution in [-0.2, 0) is 4.79 Å². The Morgan fingerprint density at radius 2 is 1.87 bits per heavy atom. The molecular weight excluding hydrogens is 314 g/mol. The summed E-state index contributed by atoms with van der Waals surface area (Å²) in [6.45, 7) is 1.94. The third kappa shape index (κ3) is 3.57. The molecule has 1 amide bonds. The molecule has 3 aromatic rings. The van der Waals surface area contributed by atoms with Crippen molar-refractivity contribution in [1.29, 1.82) is 0 Å². The molecule has 2 aromatic heterocycles. The van der Waals surface area contributed by atoms with Crippen LogP contribution in [0.3, 0.4) is 0 Å². The van der Waals surface area contributed by atoms with Crippen LogP contribution in [0.5, 0.6) is 0 Å². The number of imidazole rings is 1. The van der Waals surface area contributed by atoms with Crippen molar-refractivity contribution in [3.8, 4) is 0 Å². The van der Waals surface area contributed by atoms with Gasteiger partial charge in [-0.15, -0.1) is 11.3 Å². The molecule has 23 heavy (non-hydrogen) atoms. The number of aromatic nitrogens is 2. The maximum Gasteiger partial charge on any atom is 0.323 e. The van der Waals surface area contributed by atoms with Crippen LogP contribution in [0, 0.1) is 6.92 Å². The number of hydrogen-bond donors (Lipinski definition) is 3. The van der Waals surface area contributed by atoms with E-state index in [1.165, 1.54) is 11.3 Å². The second-order valence-corrected chi connectivity index (χ2v) is 6.51. The lowest BCUT2D eigenvalue weighted by atomic mass is 10.2. The van der Waals surface area contributed by atoms with Crippen molar-refractivity contribution in [2.75, 3.05) is 5.32 Å². The van der Waals surface area contributed by atoms with Crippen LogP contribution in [0.2, 0.25) is 0 Å². The molecule has 0 atom stereocenters. The van der Waals surface area contributed by atoms with Crippen molar-refractivity contribution in [1.82, 2.24) is 9.97 Å². The Labute approximate surface area is 135 Å². The van der Waals surface area contributed by atoms with Crippen molar-refractivity contribution in [2.24, 2.45) is 0 Å². The van der Waals surface area contributed by atoms with E-state index in [1.54, 1.807) is 24.3 Å². The molecule has 0 aliphatic rings. The summed E-state index contributed by atoms with van der Waals surface area (Å²) in [7, 11) is 0. The van der Waals surface area contributed by atoms with Gasteiger partial charge in [0.25, 0.3) is 0 Å².